The van der Waals surface area contributed by atoms with Crippen LogP contribution in [0, 0.1) is 0 Å². The molecule has 0 spiro atoms. The third-order valence-corrected chi connectivity index (χ3v) is 4.09. The van der Waals surface area contributed by atoms with Gasteiger partial charge in [0.05, 0.1) is 13.7 Å². The first-order valence-corrected chi connectivity index (χ1v) is 8.43. The summed E-state index contributed by atoms with van der Waals surface area (Å²) in [6.45, 7) is -0.0196. The number of amides is 1. The molecule has 0 saturated heterocycles. The second-order valence-electron chi connectivity index (χ2n) is 5.89. The van der Waals surface area contributed by atoms with Gasteiger partial charge in [-0.25, -0.2) is 4.79 Å². The molecule has 8 heteroatoms. The fraction of sp³-hybridized carbons (Fsp3) is 0.100. The molecule has 0 fully saturated rings. The van der Waals surface area contributed by atoms with Crippen LogP contribution in [0.2, 0.25) is 0 Å². The smallest absolute Gasteiger partial charge is 0.349 e. The van der Waals surface area contributed by atoms with Crippen molar-refractivity contribution in [1.29, 1.82) is 0 Å². The predicted octanol–water partition coefficient (Wildman–Crippen LogP) is 2.78. The topological polar surface area (TPSA) is 107 Å². The van der Waals surface area contributed by atoms with Gasteiger partial charge in [0.2, 0.25) is 11.7 Å². The van der Waals surface area contributed by atoms with Crippen LogP contribution < -0.4 is 15.7 Å². The maximum Gasteiger partial charge on any atom is 0.349 e. The van der Waals surface area contributed by atoms with E-state index in [-0.39, 0.29) is 23.6 Å². The van der Waals surface area contributed by atoms with Crippen LogP contribution in [0.5, 0.6) is 5.75 Å². The molecule has 8 nitrogen and oxygen atoms in total. The van der Waals surface area contributed by atoms with Crippen LogP contribution in [-0.2, 0) is 6.54 Å². The predicted molar refractivity (Wildman–Crippen MR) is 99.9 cm³/mol. The highest BCUT2D eigenvalue weighted by Crippen LogP contribution is 2.24. The van der Waals surface area contributed by atoms with Crippen molar-refractivity contribution in [3.8, 4) is 17.1 Å². The van der Waals surface area contributed by atoms with Crippen LogP contribution >= 0.6 is 0 Å². The molecule has 0 saturated carbocycles. The van der Waals surface area contributed by atoms with Gasteiger partial charge in [-0.1, -0.05) is 47.6 Å². The molecule has 0 aliphatic rings. The second-order valence-corrected chi connectivity index (χ2v) is 5.89. The number of nitrogens with one attached hydrogen (secondary N) is 1. The van der Waals surface area contributed by atoms with Crippen molar-refractivity contribution in [2.75, 3.05) is 7.11 Å². The lowest BCUT2D eigenvalue weighted by atomic mass is 10.1. The zero-order valence-corrected chi connectivity index (χ0v) is 14.8. The first-order valence-electron chi connectivity index (χ1n) is 8.43. The van der Waals surface area contributed by atoms with Crippen molar-refractivity contribution >= 4 is 16.9 Å². The van der Waals surface area contributed by atoms with Gasteiger partial charge in [0.25, 0.3) is 5.91 Å². The summed E-state index contributed by atoms with van der Waals surface area (Å²) in [4.78, 5) is 28.9. The minimum atomic E-state index is -0.759. The van der Waals surface area contributed by atoms with E-state index < -0.39 is 11.5 Å². The highest BCUT2D eigenvalue weighted by Gasteiger charge is 2.16. The van der Waals surface area contributed by atoms with Gasteiger partial charge in [0.15, 0.2) is 11.3 Å². The number of methoxy groups -OCH3 is 1. The van der Waals surface area contributed by atoms with Crippen molar-refractivity contribution < 1.29 is 18.5 Å². The zero-order chi connectivity index (χ0) is 19.5. The van der Waals surface area contributed by atoms with Crippen LogP contribution in [-0.4, -0.2) is 23.2 Å². The number of hydrogen-bond donors (Lipinski definition) is 1. The molecule has 1 amide bonds. The van der Waals surface area contributed by atoms with Crippen LogP contribution in [0.25, 0.3) is 22.4 Å². The maximum atomic E-state index is 12.4. The maximum absolute atomic E-state index is 12.4. The largest absolute Gasteiger partial charge is 0.493 e. The standard InChI is InChI=1S/C20H15N3O5/c1-26-15-9-5-8-13-10-14(20(25)27-17(13)15)19(24)21-11-16-22-18(23-28-16)12-6-3-2-4-7-12/h2-10H,11H2,1H3,(H,21,24). The summed E-state index contributed by atoms with van der Waals surface area (Å²) in [7, 11) is 1.48. The Morgan fingerprint density at radius 2 is 1.96 bits per heavy atom. The molecule has 0 atom stereocenters. The molecule has 4 aromatic rings. The number of carbonyl (C=O) groups excluding carboxylic acids is 1. The van der Waals surface area contributed by atoms with Gasteiger partial charge in [-0.05, 0) is 12.1 Å². The lowest BCUT2D eigenvalue weighted by Gasteiger charge is -2.05. The summed E-state index contributed by atoms with van der Waals surface area (Å²) < 4.78 is 15.6. The molecule has 2 aromatic heterocycles. The lowest BCUT2D eigenvalue weighted by Crippen LogP contribution is -2.28. The third kappa shape index (κ3) is 3.35. The summed E-state index contributed by atoms with van der Waals surface area (Å²) in [5.74, 6) is 0.458. The average molecular weight is 377 g/mol. The fourth-order valence-electron chi connectivity index (χ4n) is 2.72. The van der Waals surface area contributed by atoms with E-state index in [2.05, 4.69) is 15.5 Å². The van der Waals surface area contributed by atoms with Gasteiger partial charge in [-0.15, -0.1) is 0 Å². The van der Waals surface area contributed by atoms with E-state index >= 15 is 0 Å². The van der Waals surface area contributed by atoms with Crippen molar-refractivity contribution in [1.82, 2.24) is 15.5 Å². The Labute approximate surface area is 158 Å². The normalized spacial score (nSPS) is 10.8. The van der Waals surface area contributed by atoms with Gasteiger partial charge in [0, 0.05) is 10.9 Å². The first kappa shape index (κ1) is 17.5. The summed E-state index contributed by atoms with van der Waals surface area (Å²) >= 11 is 0. The number of rotatable bonds is 5. The molecule has 28 heavy (non-hydrogen) atoms. The highest BCUT2D eigenvalue weighted by atomic mass is 16.5. The molecule has 2 aromatic carbocycles. The first-order chi connectivity index (χ1) is 13.7. The minimum absolute atomic E-state index is 0.0196. The van der Waals surface area contributed by atoms with Crippen molar-refractivity contribution in [3.63, 3.8) is 0 Å². The number of carbonyl (C=O) groups is 1. The van der Waals surface area contributed by atoms with Crippen LogP contribution in [0.3, 0.4) is 0 Å². The summed E-state index contributed by atoms with van der Waals surface area (Å²) in [6, 6.07) is 15.9. The van der Waals surface area contributed by atoms with Gasteiger partial charge < -0.3 is 19.0 Å². The summed E-state index contributed by atoms with van der Waals surface area (Å²) in [5, 5.41) is 7.05. The number of nitrogens with zero attached hydrogens (tertiary/aromatic N) is 2. The monoisotopic (exact) mass is 377 g/mol. The Kier molecular flexibility index (Phi) is 4.59. The molecule has 140 valence electrons. The Balaban J connectivity index is 1.52. The van der Waals surface area contributed by atoms with E-state index in [0.717, 1.165) is 5.56 Å². The number of benzene rings is 2. The average Bonchev–Trinajstić information content (AvgIpc) is 3.21. The number of ether oxygens (including phenoxy) is 1. The van der Waals surface area contributed by atoms with Gasteiger partial charge in [-0.2, -0.15) is 4.98 Å². The number of para-hydroxylation sites is 1. The minimum Gasteiger partial charge on any atom is -0.493 e. The van der Waals surface area contributed by atoms with E-state index in [1.165, 1.54) is 13.2 Å². The molecule has 0 aliphatic carbocycles. The van der Waals surface area contributed by atoms with Gasteiger partial charge in [0.1, 0.15) is 5.56 Å². The molecule has 0 unspecified atom stereocenters. The molecule has 0 aliphatic heterocycles. The molecular formula is C20H15N3O5. The SMILES string of the molecule is COc1cccc2cc(C(=O)NCc3nc(-c4ccccc4)no3)c(=O)oc12. The molecular weight excluding hydrogens is 362 g/mol. The fourth-order valence-corrected chi connectivity index (χ4v) is 2.72. The van der Waals surface area contributed by atoms with Gasteiger partial charge in [-0.3, -0.25) is 4.79 Å². The Morgan fingerprint density at radius 3 is 2.75 bits per heavy atom. The van der Waals surface area contributed by atoms with Crippen LogP contribution in [0.4, 0.5) is 0 Å². The number of fused-ring (bicyclic) bond motifs is 1. The van der Waals surface area contributed by atoms with Crippen molar-refractivity contribution in [3.05, 3.63) is 76.5 Å². The van der Waals surface area contributed by atoms with E-state index in [4.69, 9.17) is 13.7 Å². The third-order valence-electron chi connectivity index (χ3n) is 4.09. The van der Waals surface area contributed by atoms with Crippen LogP contribution in [0.1, 0.15) is 16.2 Å². The number of aromatic nitrogens is 2. The van der Waals surface area contributed by atoms with Gasteiger partial charge >= 0.3 is 5.63 Å². The second kappa shape index (κ2) is 7.36. The number of hydrogen-bond acceptors (Lipinski definition) is 7. The zero-order valence-electron chi connectivity index (χ0n) is 14.8. The summed E-state index contributed by atoms with van der Waals surface area (Å²) in [5.41, 5.74) is 0.206. The molecule has 2 heterocycles. The van der Waals surface area contributed by atoms with E-state index in [1.54, 1.807) is 18.2 Å². The lowest BCUT2D eigenvalue weighted by molar-refractivity contribution is 0.0942. The molecule has 4 rings (SSSR count). The molecule has 0 radical (unpaired) electrons. The quantitative estimate of drug-likeness (QED) is 0.533. The van der Waals surface area contributed by atoms with E-state index in [9.17, 15) is 9.59 Å². The van der Waals surface area contributed by atoms with E-state index in [1.807, 2.05) is 30.3 Å². The summed E-state index contributed by atoms with van der Waals surface area (Å²) in [6.07, 6.45) is 0. The van der Waals surface area contributed by atoms with E-state index in [0.29, 0.717) is 17.0 Å². The molecule has 1 N–H and O–H groups in total. The highest BCUT2D eigenvalue weighted by molar-refractivity contribution is 5.97. The Hall–Kier alpha value is -3.94. The Morgan fingerprint density at radius 1 is 1.14 bits per heavy atom. The van der Waals surface area contributed by atoms with Crippen molar-refractivity contribution in [2.24, 2.45) is 0 Å². The van der Waals surface area contributed by atoms with Crippen LogP contribution in [0.15, 0.2) is 68.3 Å². The molecule has 0 bridgehead atoms. The van der Waals surface area contributed by atoms with Crippen molar-refractivity contribution in [2.45, 2.75) is 6.54 Å². The Bertz CT molecular complexity index is 1200.